The van der Waals surface area contributed by atoms with Gasteiger partial charge in [-0.05, 0) is 30.7 Å². The number of H-pyrrole nitrogens is 1. The lowest BCUT2D eigenvalue weighted by molar-refractivity contribution is 0.487. The van der Waals surface area contributed by atoms with Crippen LogP contribution in [0.5, 0.6) is 11.5 Å². The molecule has 4 heteroatoms. The van der Waals surface area contributed by atoms with Gasteiger partial charge in [0.2, 0.25) is 0 Å². The van der Waals surface area contributed by atoms with Crippen molar-refractivity contribution in [2.24, 2.45) is 0 Å². The summed E-state index contributed by atoms with van der Waals surface area (Å²) in [5.74, 6) is 1.30. The van der Waals surface area contributed by atoms with Gasteiger partial charge in [0.25, 0.3) is 0 Å². The zero-order valence-electron chi connectivity index (χ0n) is 11.5. The minimum absolute atomic E-state index is 0.0934. The van der Waals surface area contributed by atoms with E-state index in [4.69, 9.17) is 16.3 Å². The first kappa shape index (κ1) is 13.7. The van der Waals surface area contributed by atoms with E-state index in [-0.39, 0.29) is 5.43 Å². The average molecular weight is 300 g/mol. The average Bonchev–Trinajstić information content (AvgIpc) is 2.50. The van der Waals surface area contributed by atoms with E-state index in [1.54, 1.807) is 18.2 Å². The molecule has 0 aliphatic carbocycles. The molecule has 3 nitrogen and oxygen atoms in total. The van der Waals surface area contributed by atoms with Gasteiger partial charge in [0.15, 0.2) is 11.2 Å². The molecule has 0 fully saturated rings. The summed E-state index contributed by atoms with van der Waals surface area (Å²) < 4.78 is 5.87. The van der Waals surface area contributed by atoms with Crippen LogP contribution >= 0.6 is 11.6 Å². The molecule has 0 saturated heterocycles. The van der Waals surface area contributed by atoms with Crippen molar-refractivity contribution in [3.8, 4) is 11.5 Å². The molecule has 1 N–H and O–H groups in total. The van der Waals surface area contributed by atoms with E-state index < -0.39 is 0 Å². The normalized spacial score (nSPS) is 10.8. The molecule has 0 aliphatic heterocycles. The lowest BCUT2D eigenvalue weighted by Gasteiger charge is -2.11. The van der Waals surface area contributed by atoms with Gasteiger partial charge >= 0.3 is 0 Å². The number of benzene rings is 2. The molecule has 3 rings (SSSR count). The lowest BCUT2D eigenvalue weighted by atomic mass is 10.1. The van der Waals surface area contributed by atoms with Crippen LogP contribution in [0.2, 0.25) is 5.02 Å². The molecule has 3 aromatic rings. The van der Waals surface area contributed by atoms with Crippen molar-refractivity contribution in [1.82, 2.24) is 4.98 Å². The number of aromatic amines is 1. The van der Waals surface area contributed by atoms with Gasteiger partial charge in [-0.3, -0.25) is 4.79 Å². The third-order valence-electron chi connectivity index (χ3n) is 3.31. The number of halogens is 1. The van der Waals surface area contributed by atoms with Gasteiger partial charge in [-0.2, -0.15) is 0 Å². The van der Waals surface area contributed by atoms with Crippen molar-refractivity contribution in [2.75, 3.05) is 0 Å². The first-order valence-electron chi connectivity index (χ1n) is 6.76. The molecule has 0 amide bonds. The van der Waals surface area contributed by atoms with Crippen LogP contribution in [0.3, 0.4) is 0 Å². The van der Waals surface area contributed by atoms with E-state index in [1.807, 2.05) is 37.3 Å². The molecule has 0 saturated carbocycles. The highest BCUT2D eigenvalue weighted by Gasteiger charge is 2.11. The molecule has 0 unspecified atom stereocenters. The van der Waals surface area contributed by atoms with E-state index in [9.17, 15) is 4.79 Å². The third-order valence-corrected chi connectivity index (χ3v) is 3.62. The first-order chi connectivity index (χ1) is 10.2. The van der Waals surface area contributed by atoms with Crippen LogP contribution in [0.4, 0.5) is 0 Å². The molecular formula is C17H14ClNO2. The number of hydrogen-bond acceptors (Lipinski definition) is 2. The fourth-order valence-corrected chi connectivity index (χ4v) is 2.49. The van der Waals surface area contributed by atoms with Gasteiger partial charge in [-0.1, -0.05) is 36.7 Å². The largest absolute Gasteiger partial charge is 0.455 e. The highest BCUT2D eigenvalue weighted by molar-refractivity contribution is 6.35. The van der Waals surface area contributed by atoms with Crippen molar-refractivity contribution in [1.29, 1.82) is 0 Å². The molecule has 106 valence electrons. The van der Waals surface area contributed by atoms with Gasteiger partial charge in [-0.25, -0.2) is 0 Å². The second kappa shape index (κ2) is 5.62. The number of para-hydroxylation sites is 1. The quantitative estimate of drug-likeness (QED) is 0.771. The summed E-state index contributed by atoms with van der Waals surface area (Å²) in [5.41, 5.74) is 1.40. The second-order valence-corrected chi connectivity index (χ2v) is 5.13. The second-order valence-electron chi connectivity index (χ2n) is 4.72. The maximum absolute atomic E-state index is 12.2. The van der Waals surface area contributed by atoms with Crippen LogP contribution < -0.4 is 10.2 Å². The van der Waals surface area contributed by atoms with Gasteiger partial charge in [0, 0.05) is 11.8 Å². The smallest absolute Gasteiger partial charge is 0.191 e. The summed E-state index contributed by atoms with van der Waals surface area (Å²) in [4.78, 5) is 15.5. The molecule has 0 bridgehead atoms. The summed E-state index contributed by atoms with van der Waals surface area (Å²) >= 11 is 6.16. The molecule has 0 atom stereocenters. The highest BCUT2D eigenvalue weighted by Crippen LogP contribution is 2.31. The number of aryl methyl sites for hydroxylation is 1. The fourth-order valence-electron chi connectivity index (χ4n) is 2.24. The molecule has 0 aliphatic rings. The lowest BCUT2D eigenvalue weighted by Crippen LogP contribution is -2.06. The van der Waals surface area contributed by atoms with Crippen LogP contribution in [-0.2, 0) is 6.42 Å². The molecule has 2 aromatic carbocycles. The highest BCUT2D eigenvalue weighted by atomic mass is 35.5. The van der Waals surface area contributed by atoms with Crippen molar-refractivity contribution in [3.05, 3.63) is 69.5 Å². The standard InChI is InChI=1S/C17H14ClNO2/c1-2-11-10-14(20)16-13(18)8-9-15(17(16)19-11)21-12-6-4-3-5-7-12/h3-10H,2H2,1H3,(H,19,20). The SMILES string of the molecule is CCc1cc(=O)c2c(Cl)ccc(Oc3ccccc3)c2[nH]1. The van der Waals surface area contributed by atoms with Crippen molar-refractivity contribution in [3.63, 3.8) is 0 Å². The number of pyridine rings is 1. The summed E-state index contributed by atoms with van der Waals surface area (Å²) in [7, 11) is 0. The van der Waals surface area contributed by atoms with Crippen molar-refractivity contribution < 1.29 is 4.74 Å². The minimum atomic E-state index is -0.0934. The summed E-state index contributed by atoms with van der Waals surface area (Å²) in [6.45, 7) is 1.99. The maximum Gasteiger partial charge on any atom is 0.191 e. The number of aromatic nitrogens is 1. The Morgan fingerprint density at radius 1 is 1.14 bits per heavy atom. The molecule has 0 radical (unpaired) electrons. The van der Waals surface area contributed by atoms with E-state index >= 15 is 0 Å². The summed E-state index contributed by atoms with van der Waals surface area (Å²) in [6, 6.07) is 14.5. The number of ether oxygens (including phenoxy) is 1. The Kier molecular flexibility index (Phi) is 3.67. The number of fused-ring (bicyclic) bond motifs is 1. The Morgan fingerprint density at radius 2 is 1.90 bits per heavy atom. The van der Waals surface area contributed by atoms with Crippen LogP contribution in [0, 0.1) is 0 Å². The number of nitrogens with one attached hydrogen (secondary N) is 1. The van der Waals surface area contributed by atoms with E-state index in [1.165, 1.54) is 0 Å². The Bertz CT molecular complexity index is 841. The Balaban J connectivity index is 2.21. The number of rotatable bonds is 3. The van der Waals surface area contributed by atoms with Gasteiger partial charge in [0.05, 0.1) is 15.9 Å². The first-order valence-corrected chi connectivity index (χ1v) is 7.14. The third kappa shape index (κ3) is 2.65. The Labute approximate surface area is 127 Å². The van der Waals surface area contributed by atoms with E-state index in [0.717, 1.165) is 12.1 Å². The molecule has 1 aromatic heterocycles. The Hall–Kier alpha value is -2.26. The molecule has 1 heterocycles. The monoisotopic (exact) mass is 299 g/mol. The van der Waals surface area contributed by atoms with Gasteiger partial charge < -0.3 is 9.72 Å². The molecule has 21 heavy (non-hydrogen) atoms. The van der Waals surface area contributed by atoms with E-state index in [0.29, 0.717) is 27.4 Å². The zero-order chi connectivity index (χ0) is 14.8. The maximum atomic E-state index is 12.2. The van der Waals surface area contributed by atoms with Gasteiger partial charge in [-0.15, -0.1) is 0 Å². The topological polar surface area (TPSA) is 42.1 Å². The Morgan fingerprint density at radius 3 is 2.62 bits per heavy atom. The predicted molar refractivity (Wildman–Crippen MR) is 85.5 cm³/mol. The number of hydrogen-bond donors (Lipinski definition) is 1. The fraction of sp³-hybridized carbons (Fsp3) is 0.118. The van der Waals surface area contributed by atoms with Crippen LogP contribution in [-0.4, -0.2) is 4.98 Å². The summed E-state index contributed by atoms with van der Waals surface area (Å²) in [5, 5.41) is 0.886. The van der Waals surface area contributed by atoms with Crippen LogP contribution in [0.25, 0.3) is 10.9 Å². The minimum Gasteiger partial charge on any atom is -0.455 e. The van der Waals surface area contributed by atoms with Crippen LogP contribution in [0.15, 0.2) is 53.3 Å². The zero-order valence-corrected chi connectivity index (χ0v) is 12.3. The van der Waals surface area contributed by atoms with E-state index in [2.05, 4.69) is 4.98 Å². The van der Waals surface area contributed by atoms with Crippen molar-refractivity contribution in [2.45, 2.75) is 13.3 Å². The van der Waals surface area contributed by atoms with Crippen molar-refractivity contribution >= 4 is 22.5 Å². The summed E-state index contributed by atoms with van der Waals surface area (Å²) in [6.07, 6.45) is 0.739. The van der Waals surface area contributed by atoms with Gasteiger partial charge in [0.1, 0.15) is 5.75 Å². The molecule has 0 spiro atoms. The predicted octanol–water partition coefficient (Wildman–Crippen LogP) is 4.54. The molecular weight excluding hydrogens is 286 g/mol. The van der Waals surface area contributed by atoms with Crippen LogP contribution in [0.1, 0.15) is 12.6 Å².